The van der Waals surface area contributed by atoms with E-state index in [1.165, 1.54) is 4.90 Å². The number of imide groups is 1. The summed E-state index contributed by atoms with van der Waals surface area (Å²) in [6.45, 7) is 0.124. The van der Waals surface area contributed by atoms with Crippen molar-refractivity contribution in [1.82, 2.24) is 4.90 Å². The van der Waals surface area contributed by atoms with Crippen molar-refractivity contribution in [3.05, 3.63) is 39.8 Å². The van der Waals surface area contributed by atoms with Crippen LogP contribution >= 0.6 is 27.5 Å². The molecule has 6 atom stereocenters. The number of hydrogen-bond acceptors (Lipinski definition) is 3. The van der Waals surface area contributed by atoms with Crippen molar-refractivity contribution < 1.29 is 14.4 Å². The summed E-state index contributed by atoms with van der Waals surface area (Å²) in [5.41, 5.74) is 0.514. The third kappa shape index (κ3) is 2.68. The van der Waals surface area contributed by atoms with Gasteiger partial charge in [0, 0.05) is 17.4 Å². The van der Waals surface area contributed by atoms with E-state index in [0.29, 0.717) is 22.5 Å². The van der Waals surface area contributed by atoms with Gasteiger partial charge >= 0.3 is 0 Å². The molecule has 1 aliphatic heterocycles. The summed E-state index contributed by atoms with van der Waals surface area (Å²) in [5, 5.41) is 3.17. The highest BCUT2D eigenvalue weighted by Gasteiger charge is 2.66. The molecular weight excluding hydrogens is 432 g/mol. The Balaban J connectivity index is 1.25. The fourth-order valence-corrected chi connectivity index (χ4v) is 5.98. The van der Waals surface area contributed by atoms with Crippen LogP contribution in [-0.2, 0) is 14.4 Å². The summed E-state index contributed by atoms with van der Waals surface area (Å²) in [6, 6.07) is 5.19. The Morgan fingerprint density at radius 1 is 1.15 bits per heavy atom. The minimum absolute atomic E-state index is 0.0684. The second-order valence-electron chi connectivity index (χ2n) is 7.91. The van der Waals surface area contributed by atoms with E-state index in [1.54, 1.807) is 18.2 Å². The van der Waals surface area contributed by atoms with Gasteiger partial charge in [0.15, 0.2) is 0 Å². The van der Waals surface area contributed by atoms with Gasteiger partial charge in [-0.25, -0.2) is 0 Å². The summed E-state index contributed by atoms with van der Waals surface area (Å²) < 4.78 is 0.822. The Bertz CT molecular complexity index is 865. The second-order valence-corrected chi connectivity index (χ2v) is 9.23. The number of allylic oxidation sites excluding steroid dienone is 2. The maximum Gasteiger partial charge on any atom is 0.233 e. The molecule has 5 nitrogen and oxygen atoms in total. The summed E-state index contributed by atoms with van der Waals surface area (Å²) in [7, 11) is 0. The highest BCUT2D eigenvalue weighted by atomic mass is 79.9. The number of halogens is 2. The lowest BCUT2D eigenvalue weighted by Crippen LogP contribution is -2.40. The van der Waals surface area contributed by atoms with Crippen molar-refractivity contribution in [3.8, 4) is 0 Å². The van der Waals surface area contributed by atoms with Crippen molar-refractivity contribution in [3.63, 3.8) is 0 Å². The number of nitrogens with one attached hydrogen (secondary N) is 1. The predicted molar refractivity (Wildman–Crippen MR) is 104 cm³/mol. The van der Waals surface area contributed by atoms with E-state index in [4.69, 9.17) is 11.6 Å². The number of carbonyl (C=O) groups excluding carboxylic acids is 3. The first-order valence-corrected chi connectivity index (χ1v) is 10.4. The fourth-order valence-electron chi connectivity index (χ4n) is 5.26. The molecule has 3 amide bonds. The third-order valence-electron chi connectivity index (χ3n) is 6.52. The molecule has 6 rings (SSSR count). The van der Waals surface area contributed by atoms with Crippen LogP contribution in [-0.4, -0.2) is 29.2 Å². The molecule has 0 unspecified atom stereocenters. The first-order valence-electron chi connectivity index (χ1n) is 9.24. The van der Waals surface area contributed by atoms with Gasteiger partial charge in [0.2, 0.25) is 17.7 Å². The maximum absolute atomic E-state index is 12.9. The van der Waals surface area contributed by atoms with Crippen LogP contribution < -0.4 is 5.32 Å². The standard InChI is InChI=1S/C20H18BrClN2O3/c21-9-1-4-15(14(22)7-9)23-16(25)5-6-24-19(26)17-10-2-3-11(13-8-12(10)13)18(17)20(24)27/h1-4,7,10-13,17-18H,5-6,8H2,(H,23,25)/t10-,11-,12-,13+,17+,18-/m1/s1. The van der Waals surface area contributed by atoms with Crippen LogP contribution in [0.2, 0.25) is 5.02 Å². The van der Waals surface area contributed by atoms with Gasteiger partial charge in [-0.05, 0) is 48.3 Å². The zero-order valence-corrected chi connectivity index (χ0v) is 16.7. The number of nitrogens with zero attached hydrogens (tertiary/aromatic N) is 1. The molecule has 1 heterocycles. The van der Waals surface area contributed by atoms with Gasteiger partial charge in [0.1, 0.15) is 0 Å². The van der Waals surface area contributed by atoms with Gasteiger partial charge in [-0.3, -0.25) is 19.3 Å². The molecule has 140 valence electrons. The number of anilines is 1. The van der Waals surface area contributed by atoms with Gasteiger partial charge in [0.05, 0.1) is 22.5 Å². The lowest BCUT2D eigenvalue weighted by atomic mass is 9.63. The van der Waals surface area contributed by atoms with Crippen LogP contribution in [0.5, 0.6) is 0 Å². The average Bonchev–Trinajstić information content (AvgIpc) is 3.41. The smallest absolute Gasteiger partial charge is 0.233 e. The molecule has 7 heteroatoms. The van der Waals surface area contributed by atoms with Gasteiger partial charge in [-0.2, -0.15) is 0 Å². The van der Waals surface area contributed by atoms with Gasteiger partial charge in [0.25, 0.3) is 0 Å². The van der Waals surface area contributed by atoms with Crippen LogP contribution in [0.15, 0.2) is 34.8 Å². The van der Waals surface area contributed by atoms with E-state index in [0.717, 1.165) is 10.9 Å². The third-order valence-corrected chi connectivity index (χ3v) is 7.33. The molecule has 1 aromatic carbocycles. The Hall–Kier alpha value is -1.66. The van der Waals surface area contributed by atoms with Crippen molar-refractivity contribution in [1.29, 1.82) is 0 Å². The van der Waals surface area contributed by atoms with E-state index < -0.39 is 0 Å². The molecule has 0 spiro atoms. The summed E-state index contributed by atoms with van der Waals surface area (Å²) >= 11 is 9.44. The Labute approximate surface area is 170 Å². The van der Waals surface area contributed by atoms with E-state index in [9.17, 15) is 14.4 Å². The number of carbonyl (C=O) groups is 3. The Morgan fingerprint density at radius 2 is 1.78 bits per heavy atom. The molecule has 0 radical (unpaired) electrons. The Morgan fingerprint density at radius 3 is 2.37 bits per heavy atom. The zero-order chi connectivity index (χ0) is 18.9. The molecule has 1 aromatic rings. The topological polar surface area (TPSA) is 66.5 Å². The van der Waals surface area contributed by atoms with Crippen molar-refractivity contribution in [2.24, 2.45) is 35.5 Å². The molecule has 4 aliphatic carbocycles. The molecule has 27 heavy (non-hydrogen) atoms. The SMILES string of the molecule is O=C(CCN1C(=O)[C@@H]2[C@@H]3C=C[C@H]([C@H]4C[C@@H]34)[C@@H]2C1=O)Nc1ccc(Br)cc1Cl. The van der Waals surface area contributed by atoms with E-state index in [2.05, 4.69) is 33.4 Å². The quantitative estimate of drug-likeness (QED) is 0.565. The minimum atomic E-state index is -0.265. The van der Waals surface area contributed by atoms with Gasteiger partial charge in [-0.15, -0.1) is 0 Å². The van der Waals surface area contributed by atoms with Crippen molar-refractivity contribution in [2.45, 2.75) is 12.8 Å². The first kappa shape index (κ1) is 17.4. The monoisotopic (exact) mass is 448 g/mol. The Kier molecular flexibility index (Phi) is 3.99. The summed E-state index contributed by atoms with van der Waals surface area (Å²) in [5.74, 6) is 0.720. The molecule has 1 saturated heterocycles. The van der Waals surface area contributed by atoms with E-state index in [-0.39, 0.29) is 54.4 Å². The average molecular weight is 450 g/mol. The highest BCUT2D eigenvalue weighted by Crippen LogP contribution is 2.65. The predicted octanol–water partition coefficient (Wildman–Crippen LogP) is 3.48. The second kappa shape index (κ2) is 6.17. The number of amides is 3. The molecule has 3 fully saturated rings. The molecule has 5 aliphatic rings. The van der Waals surface area contributed by atoms with Crippen LogP contribution in [0.3, 0.4) is 0 Å². The van der Waals surface area contributed by atoms with Crippen LogP contribution in [0.1, 0.15) is 12.8 Å². The number of rotatable bonds is 4. The molecule has 1 N–H and O–H groups in total. The summed E-state index contributed by atoms with van der Waals surface area (Å²) in [4.78, 5) is 39.4. The van der Waals surface area contributed by atoms with E-state index >= 15 is 0 Å². The van der Waals surface area contributed by atoms with Gasteiger partial charge < -0.3 is 5.32 Å². The number of hydrogen-bond donors (Lipinski definition) is 1. The minimum Gasteiger partial charge on any atom is -0.325 e. The largest absolute Gasteiger partial charge is 0.325 e. The highest BCUT2D eigenvalue weighted by molar-refractivity contribution is 9.10. The van der Waals surface area contributed by atoms with E-state index in [1.807, 2.05) is 0 Å². The molecule has 2 bridgehead atoms. The normalized spacial score (nSPS) is 35.3. The first-order chi connectivity index (χ1) is 13.0. The summed E-state index contributed by atoms with van der Waals surface area (Å²) in [6.07, 6.45) is 5.51. The van der Waals surface area contributed by atoms with Crippen LogP contribution in [0.25, 0.3) is 0 Å². The number of benzene rings is 1. The zero-order valence-electron chi connectivity index (χ0n) is 14.4. The van der Waals surface area contributed by atoms with Crippen LogP contribution in [0, 0.1) is 35.5 Å². The number of likely N-dealkylation sites (tertiary alicyclic amines) is 1. The van der Waals surface area contributed by atoms with Crippen molar-refractivity contribution >= 4 is 50.9 Å². The molecule has 2 saturated carbocycles. The van der Waals surface area contributed by atoms with Crippen LogP contribution in [0.4, 0.5) is 5.69 Å². The van der Waals surface area contributed by atoms with Crippen molar-refractivity contribution in [2.75, 3.05) is 11.9 Å². The maximum atomic E-state index is 12.9. The molecule has 0 aromatic heterocycles. The lowest BCUT2D eigenvalue weighted by Gasteiger charge is -2.37. The fraction of sp³-hybridized carbons (Fsp3) is 0.450. The lowest BCUT2D eigenvalue weighted by molar-refractivity contribution is -0.140. The van der Waals surface area contributed by atoms with Gasteiger partial charge in [-0.1, -0.05) is 39.7 Å². The molecular formula is C20H18BrClN2O3.